The van der Waals surface area contributed by atoms with Gasteiger partial charge in [-0.15, -0.1) is 24.8 Å². The fourth-order valence-electron chi connectivity index (χ4n) is 2.33. The minimum absolute atomic E-state index is 0. The number of halogens is 2. The highest BCUT2D eigenvalue weighted by molar-refractivity contribution is 5.85. The monoisotopic (exact) mass is 319 g/mol. The maximum Gasteiger partial charge on any atom is 0.220 e. The fraction of sp³-hybridized carbons (Fsp3) is 0.571. The predicted molar refractivity (Wildman–Crippen MR) is 85.8 cm³/mol. The van der Waals surface area contributed by atoms with Gasteiger partial charge < -0.3 is 10.6 Å². The zero-order valence-corrected chi connectivity index (χ0v) is 13.3. The molecule has 1 aliphatic rings. The summed E-state index contributed by atoms with van der Waals surface area (Å²) in [4.78, 5) is 16.0. The van der Waals surface area contributed by atoms with Gasteiger partial charge in [-0.3, -0.25) is 9.78 Å². The number of hydrogen-bond donors (Lipinski definition) is 2. The van der Waals surface area contributed by atoms with Crippen molar-refractivity contribution in [3.63, 3.8) is 0 Å². The summed E-state index contributed by atoms with van der Waals surface area (Å²) in [5.74, 6) is 0.357. The molecule has 1 amide bonds. The van der Waals surface area contributed by atoms with Crippen molar-refractivity contribution in [1.29, 1.82) is 0 Å². The van der Waals surface area contributed by atoms with E-state index in [4.69, 9.17) is 0 Å². The van der Waals surface area contributed by atoms with Crippen molar-refractivity contribution in [3.05, 3.63) is 30.1 Å². The van der Waals surface area contributed by atoms with Gasteiger partial charge in [0.05, 0.1) is 0 Å². The number of nitrogens with one attached hydrogen (secondary N) is 2. The zero-order valence-electron chi connectivity index (χ0n) is 11.7. The molecule has 0 spiro atoms. The number of carbonyl (C=O) groups is 1. The Kier molecular flexibility index (Phi) is 9.55. The second-order valence-electron chi connectivity index (χ2n) is 5.00. The third-order valence-electron chi connectivity index (χ3n) is 3.41. The summed E-state index contributed by atoms with van der Waals surface area (Å²) in [5.41, 5.74) is 1.12. The lowest BCUT2D eigenvalue weighted by Gasteiger charge is -2.24. The van der Waals surface area contributed by atoms with E-state index in [1.165, 1.54) is 0 Å². The van der Waals surface area contributed by atoms with Gasteiger partial charge in [0.1, 0.15) is 0 Å². The molecule has 6 heteroatoms. The van der Waals surface area contributed by atoms with Crippen molar-refractivity contribution in [2.45, 2.75) is 38.1 Å². The summed E-state index contributed by atoms with van der Waals surface area (Å²) in [6.07, 6.45) is 6.34. The van der Waals surface area contributed by atoms with Gasteiger partial charge in [-0.25, -0.2) is 0 Å². The maximum absolute atomic E-state index is 11.9. The van der Waals surface area contributed by atoms with E-state index in [9.17, 15) is 4.79 Å². The normalized spacial score (nSPS) is 19.1. The van der Waals surface area contributed by atoms with Crippen LogP contribution in [0.1, 0.15) is 37.7 Å². The number of piperidine rings is 1. The van der Waals surface area contributed by atoms with Gasteiger partial charge in [-0.1, -0.05) is 13.0 Å². The van der Waals surface area contributed by atoms with Crippen LogP contribution in [0.2, 0.25) is 0 Å². The highest BCUT2D eigenvalue weighted by Crippen LogP contribution is 2.17. The van der Waals surface area contributed by atoms with Crippen LogP contribution in [-0.4, -0.2) is 30.0 Å². The zero-order chi connectivity index (χ0) is 12.8. The third kappa shape index (κ3) is 6.07. The van der Waals surface area contributed by atoms with Crippen LogP contribution in [0.5, 0.6) is 0 Å². The predicted octanol–water partition coefficient (Wildman–Crippen LogP) is 2.29. The topological polar surface area (TPSA) is 54.0 Å². The first kappa shape index (κ1) is 19.2. The van der Waals surface area contributed by atoms with Crippen LogP contribution in [0.25, 0.3) is 0 Å². The van der Waals surface area contributed by atoms with E-state index in [1.54, 1.807) is 6.20 Å². The molecule has 2 N–H and O–H groups in total. The molecule has 1 aliphatic heterocycles. The number of aromatic nitrogens is 1. The summed E-state index contributed by atoms with van der Waals surface area (Å²) in [7, 11) is 0. The fourth-order valence-corrected chi connectivity index (χ4v) is 2.33. The summed E-state index contributed by atoms with van der Waals surface area (Å²) < 4.78 is 0. The lowest BCUT2D eigenvalue weighted by atomic mass is 9.98. The minimum Gasteiger partial charge on any atom is -0.352 e. The first-order chi connectivity index (χ1) is 8.75. The Bertz CT molecular complexity index is 383. The highest BCUT2D eigenvalue weighted by Gasteiger charge is 2.17. The van der Waals surface area contributed by atoms with Crippen LogP contribution >= 0.6 is 24.8 Å². The molecule has 1 saturated heterocycles. The van der Waals surface area contributed by atoms with Crippen molar-refractivity contribution >= 4 is 30.7 Å². The Balaban J connectivity index is 0.00000180. The van der Waals surface area contributed by atoms with Gasteiger partial charge >= 0.3 is 0 Å². The number of pyridine rings is 1. The summed E-state index contributed by atoms with van der Waals surface area (Å²) in [5, 5.41) is 6.40. The first-order valence-corrected chi connectivity index (χ1v) is 6.65. The lowest BCUT2D eigenvalue weighted by Crippen LogP contribution is -2.45. The van der Waals surface area contributed by atoms with Gasteiger partial charge in [0.25, 0.3) is 0 Å². The van der Waals surface area contributed by atoms with Crippen molar-refractivity contribution in [2.75, 3.05) is 13.1 Å². The van der Waals surface area contributed by atoms with Crippen LogP contribution < -0.4 is 10.6 Å². The van der Waals surface area contributed by atoms with Gasteiger partial charge in [-0.2, -0.15) is 0 Å². The molecule has 20 heavy (non-hydrogen) atoms. The Morgan fingerprint density at radius 2 is 2.35 bits per heavy atom. The van der Waals surface area contributed by atoms with E-state index in [0.717, 1.165) is 31.5 Å². The van der Waals surface area contributed by atoms with E-state index in [2.05, 4.69) is 22.5 Å². The van der Waals surface area contributed by atoms with Crippen molar-refractivity contribution in [3.8, 4) is 0 Å². The van der Waals surface area contributed by atoms with Gasteiger partial charge in [-0.05, 0) is 36.9 Å². The van der Waals surface area contributed by atoms with Gasteiger partial charge in [0, 0.05) is 31.4 Å². The summed E-state index contributed by atoms with van der Waals surface area (Å²) in [6, 6.07) is 4.23. The van der Waals surface area contributed by atoms with E-state index >= 15 is 0 Å². The van der Waals surface area contributed by atoms with Gasteiger partial charge in [0.2, 0.25) is 5.91 Å². The molecular formula is C14H23Cl2N3O. The third-order valence-corrected chi connectivity index (χ3v) is 3.41. The van der Waals surface area contributed by atoms with Crippen LogP contribution in [0, 0.1) is 0 Å². The molecule has 2 rings (SSSR count). The molecule has 0 radical (unpaired) electrons. The summed E-state index contributed by atoms with van der Waals surface area (Å²) in [6.45, 7) is 4.03. The SMILES string of the molecule is CC(CC(=O)N[C@H]1CCCNC1)c1cccnc1.Cl.Cl. The number of nitrogens with zero attached hydrogens (tertiary/aromatic N) is 1. The van der Waals surface area contributed by atoms with Crippen molar-refractivity contribution < 1.29 is 4.79 Å². The second kappa shape index (κ2) is 9.97. The molecule has 0 bridgehead atoms. The minimum atomic E-state index is 0. The number of hydrogen-bond acceptors (Lipinski definition) is 3. The van der Waals surface area contributed by atoms with Crippen molar-refractivity contribution in [2.24, 2.45) is 0 Å². The molecule has 0 saturated carbocycles. The van der Waals surface area contributed by atoms with Crippen LogP contribution in [0.15, 0.2) is 24.5 Å². The van der Waals surface area contributed by atoms with Gasteiger partial charge in [0.15, 0.2) is 0 Å². The van der Waals surface area contributed by atoms with E-state index in [-0.39, 0.29) is 36.6 Å². The Hall–Kier alpha value is -0.840. The first-order valence-electron chi connectivity index (χ1n) is 6.65. The largest absolute Gasteiger partial charge is 0.352 e. The molecular weight excluding hydrogens is 297 g/mol. The summed E-state index contributed by atoms with van der Waals surface area (Å²) >= 11 is 0. The average molecular weight is 320 g/mol. The van der Waals surface area contributed by atoms with E-state index in [1.807, 2.05) is 18.3 Å². The Labute approximate surface area is 132 Å². The van der Waals surface area contributed by atoms with E-state index in [0.29, 0.717) is 12.5 Å². The molecule has 0 aliphatic carbocycles. The van der Waals surface area contributed by atoms with E-state index < -0.39 is 0 Å². The number of rotatable bonds is 4. The highest BCUT2D eigenvalue weighted by atomic mass is 35.5. The smallest absolute Gasteiger partial charge is 0.220 e. The van der Waals surface area contributed by atoms with Crippen molar-refractivity contribution in [1.82, 2.24) is 15.6 Å². The van der Waals surface area contributed by atoms with Crippen LogP contribution in [-0.2, 0) is 4.79 Å². The molecule has 1 fully saturated rings. The number of carbonyl (C=O) groups excluding carboxylic acids is 1. The molecule has 1 aromatic rings. The lowest BCUT2D eigenvalue weighted by molar-refractivity contribution is -0.122. The molecule has 1 unspecified atom stereocenters. The molecule has 114 valence electrons. The molecule has 0 aromatic carbocycles. The molecule has 2 atom stereocenters. The number of amides is 1. The van der Waals surface area contributed by atoms with Crippen LogP contribution in [0.4, 0.5) is 0 Å². The standard InChI is InChI=1S/C14H21N3O.2ClH/c1-11(12-4-2-6-15-9-12)8-14(18)17-13-5-3-7-16-10-13;;/h2,4,6,9,11,13,16H,3,5,7-8,10H2,1H3,(H,17,18);2*1H/t11?,13-;;/m0../s1. The molecule has 2 heterocycles. The molecule has 1 aromatic heterocycles. The average Bonchev–Trinajstić information content (AvgIpc) is 2.40. The second-order valence-corrected chi connectivity index (χ2v) is 5.00. The molecule has 4 nitrogen and oxygen atoms in total. The maximum atomic E-state index is 11.9. The Morgan fingerprint density at radius 3 is 2.95 bits per heavy atom. The quantitative estimate of drug-likeness (QED) is 0.895. The van der Waals surface area contributed by atoms with Crippen LogP contribution in [0.3, 0.4) is 0 Å². The Morgan fingerprint density at radius 1 is 1.55 bits per heavy atom.